The van der Waals surface area contributed by atoms with Crippen LogP contribution in [0.3, 0.4) is 0 Å². The molecule has 1 aliphatic heterocycles. The third-order valence-electron chi connectivity index (χ3n) is 4.29. The number of hydrogen-bond donors (Lipinski definition) is 2. The highest BCUT2D eigenvalue weighted by molar-refractivity contribution is 5.99. The number of benzene rings is 2. The van der Waals surface area contributed by atoms with Crippen LogP contribution < -0.4 is 20.9 Å². The van der Waals surface area contributed by atoms with Gasteiger partial charge in [0.2, 0.25) is 5.91 Å². The number of aromatic nitrogens is 2. The highest BCUT2D eigenvalue weighted by Crippen LogP contribution is 2.32. The van der Waals surface area contributed by atoms with Crippen LogP contribution in [-0.4, -0.2) is 27.5 Å². The van der Waals surface area contributed by atoms with Crippen LogP contribution in [0.2, 0.25) is 0 Å². The molecule has 0 spiro atoms. The summed E-state index contributed by atoms with van der Waals surface area (Å²) >= 11 is 0. The Labute approximate surface area is 158 Å². The quantitative estimate of drug-likeness (QED) is 0.720. The second kappa shape index (κ2) is 6.76. The normalized spacial score (nSPS) is 15.5. The van der Waals surface area contributed by atoms with Gasteiger partial charge in [-0.1, -0.05) is 0 Å². The van der Waals surface area contributed by atoms with Gasteiger partial charge in [-0.05, 0) is 43.3 Å². The minimum absolute atomic E-state index is 0.0954. The first kappa shape index (κ1) is 17.7. The Morgan fingerprint density at radius 2 is 2.11 bits per heavy atom. The number of ether oxygens (including phenoxy) is 1. The second-order valence-corrected chi connectivity index (χ2v) is 6.35. The van der Waals surface area contributed by atoms with Crippen molar-refractivity contribution >= 4 is 34.1 Å². The number of nitrogens with one attached hydrogen (secondary N) is 2. The summed E-state index contributed by atoms with van der Waals surface area (Å²) in [4.78, 5) is 40.5. The van der Waals surface area contributed by atoms with E-state index in [4.69, 9.17) is 4.74 Å². The van der Waals surface area contributed by atoms with Crippen LogP contribution in [0.4, 0.5) is 15.8 Å². The number of carbonyl (C=O) groups excluding carboxylic acids is 2. The van der Waals surface area contributed by atoms with Gasteiger partial charge in [-0.3, -0.25) is 19.0 Å². The van der Waals surface area contributed by atoms with Gasteiger partial charge < -0.3 is 15.4 Å². The fraction of sp³-hybridized carbons (Fsp3) is 0.158. The Morgan fingerprint density at radius 1 is 1.29 bits per heavy atom. The molecule has 0 saturated heterocycles. The van der Waals surface area contributed by atoms with E-state index < -0.39 is 23.4 Å². The van der Waals surface area contributed by atoms with Crippen LogP contribution in [0, 0.1) is 5.82 Å². The summed E-state index contributed by atoms with van der Waals surface area (Å²) in [6.07, 6.45) is 0.648. The van der Waals surface area contributed by atoms with Crippen LogP contribution in [0.25, 0.3) is 10.9 Å². The summed E-state index contributed by atoms with van der Waals surface area (Å²) in [6, 6.07) is 8.52. The number of anilines is 2. The van der Waals surface area contributed by atoms with Gasteiger partial charge in [0.1, 0.15) is 18.1 Å². The number of nitrogens with zero attached hydrogens (tertiary/aromatic N) is 2. The Kier molecular flexibility index (Phi) is 4.26. The largest absolute Gasteiger partial charge is 0.479 e. The van der Waals surface area contributed by atoms with Gasteiger partial charge in [-0.15, -0.1) is 0 Å². The van der Waals surface area contributed by atoms with Gasteiger partial charge in [0.05, 0.1) is 22.9 Å². The molecule has 4 rings (SSSR count). The molecular formula is C19H15FN4O4. The predicted octanol–water partition coefficient (Wildman–Crippen LogP) is 1.89. The molecule has 8 nitrogen and oxygen atoms in total. The fourth-order valence-corrected chi connectivity index (χ4v) is 2.89. The highest BCUT2D eigenvalue weighted by Gasteiger charge is 2.23. The minimum atomic E-state index is -0.593. The van der Waals surface area contributed by atoms with Crippen molar-refractivity contribution in [2.24, 2.45) is 0 Å². The molecule has 0 aliphatic carbocycles. The van der Waals surface area contributed by atoms with Crippen LogP contribution >= 0.6 is 0 Å². The minimum Gasteiger partial charge on any atom is -0.479 e. The molecule has 142 valence electrons. The maximum atomic E-state index is 13.4. The third-order valence-corrected chi connectivity index (χ3v) is 4.29. The van der Waals surface area contributed by atoms with E-state index in [2.05, 4.69) is 15.6 Å². The standard InChI is InChI=1S/C19H15FN4O4/c1-10-18(26)23-15-7-12(3-5-16(15)28-10)22-17(25)8-24-9-21-14-4-2-11(20)6-13(14)19(24)27/h2-7,9-10H,8H2,1H3,(H,22,25)(H,23,26). The summed E-state index contributed by atoms with van der Waals surface area (Å²) < 4.78 is 19.9. The molecule has 0 fully saturated rings. The summed E-state index contributed by atoms with van der Waals surface area (Å²) in [5.41, 5.74) is 0.707. The summed E-state index contributed by atoms with van der Waals surface area (Å²) in [5, 5.41) is 5.43. The number of hydrogen-bond acceptors (Lipinski definition) is 5. The number of carbonyl (C=O) groups is 2. The number of fused-ring (bicyclic) bond motifs is 2. The summed E-state index contributed by atoms with van der Waals surface area (Å²) in [5.74, 6) is -0.809. The summed E-state index contributed by atoms with van der Waals surface area (Å²) in [7, 11) is 0. The van der Waals surface area contributed by atoms with Crippen LogP contribution in [0.15, 0.2) is 47.5 Å². The second-order valence-electron chi connectivity index (χ2n) is 6.35. The van der Waals surface area contributed by atoms with Gasteiger partial charge in [0.25, 0.3) is 11.5 Å². The topological polar surface area (TPSA) is 102 Å². The smallest absolute Gasteiger partial charge is 0.265 e. The molecule has 0 bridgehead atoms. The van der Waals surface area contributed by atoms with Crippen molar-refractivity contribution in [2.45, 2.75) is 19.6 Å². The molecule has 2 amide bonds. The van der Waals surface area contributed by atoms with Crippen LogP contribution in [0.1, 0.15) is 6.92 Å². The van der Waals surface area contributed by atoms with Crippen LogP contribution in [-0.2, 0) is 16.1 Å². The lowest BCUT2D eigenvalue weighted by Crippen LogP contribution is -2.34. The lowest BCUT2D eigenvalue weighted by atomic mass is 10.2. The monoisotopic (exact) mass is 382 g/mol. The lowest BCUT2D eigenvalue weighted by Gasteiger charge is -2.23. The van der Waals surface area contributed by atoms with Crippen molar-refractivity contribution in [2.75, 3.05) is 10.6 Å². The first-order chi connectivity index (χ1) is 13.4. The van der Waals surface area contributed by atoms with Gasteiger partial charge >= 0.3 is 0 Å². The molecule has 2 heterocycles. The van der Waals surface area contributed by atoms with E-state index in [1.165, 1.54) is 18.5 Å². The first-order valence-corrected chi connectivity index (χ1v) is 8.47. The zero-order chi connectivity index (χ0) is 19.8. The molecule has 28 heavy (non-hydrogen) atoms. The molecule has 1 aromatic heterocycles. The molecule has 1 atom stereocenters. The number of halogens is 1. The third kappa shape index (κ3) is 3.29. The van der Waals surface area contributed by atoms with E-state index in [-0.39, 0.29) is 17.8 Å². The van der Waals surface area contributed by atoms with E-state index in [1.54, 1.807) is 25.1 Å². The Hall–Kier alpha value is -3.75. The Morgan fingerprint density at radius 3 is 2.93 bits per heavy atom. The Bertz CT molecular complexity index is 1170. The van der Waals surface area contributed by atoms with Crippen molar-refractivity contribution in [1.29, 1.82) is 0 Å². The number of rotatable bonds is 3. The molecular weight excluding hydrogens is 367 g/mol. The van der Waals surface area contributed by atoms with Crippen molar-refractivity contribution in [3.8, 4) is 5.75 Å². The SMILES string of the molecule is CC1Oc2ccc(NC(=O)Cn3cnc4ccc(F)cc4c3=O)cc2NC1=O. The zero-order valence-electron chi connectivity index (χ0n) is 14.7. The summed E-state index contributed by atoms with van der Waals surface area (Å²) in [6.45, 7) is 1.34. The maximum absolute atomic E-state index is 13.4. The van der Waals surface area contributed by atoms with E-state index in [0.717, 1.165) is 10.6 Å². The molecule has 2 N–H and O–H groups in total. The van der Waals surface area contributed by atoms with Gasteiger partial charge in [0, 0.05) is 5.69 Å². The molecule has 0 radical (unpaired) electrons. The molecule has 1 aliphatic rings. The average Bonchev–Trinajstić information content (AvgIpc) is 2.65. The fourth-order valence-electron chi connectivity index (χ4n) is 2.89. The first-order valence-electron chi connectivity index (χ1n) is 8.47. The van der Waals surface area contributed by atoms with Crippen molar-refractivity contribution in [3.63, 3.8) is 0 Å². The maximum Gasteiger partial charge on any atom is 0.265 e. The van der Waals surface area contributed by atoms with Gasteiger partial charge in [-0.2, -0.15) is 0 Å². The number of amides is 2. The van der Waals surface area contributed by atoms with Gasteiger partial charge in [-0.25, -0.2) is 9.37 Å². The Balaban J connectivity index is 1.53. The van der Waals surface area contributed by atoms with Crippen molar-refractivity contribution < 1.29 is 18.7 Å². The lowest BCUT2D eigenvalue weighted by molar-refractivity contribution is -0.122. The molecule has 9 heteroatoms. The van der Waals surface area contributed by atoms with Crippen molar-refractivity contribution in [3.05, 3.63) is 58.9 Å². The molecule has 0 saturated carbocycles. The van der Waals surface area contributed by atoms with E-state index in [1.807, 2.05) is 0 Å². The highest BCUT2D eigenvalue weighted by atomic mass is 19.1. The zero-order valence-corrected chi connectivity index (χ0v) is 14.7. The molecule has 3 aromatic rings. The van der Waals surface area contributed by atoms with Gasteiger partial charge in [0.15, 0.2) is 6.10 Å². The molecule has 1 unspecified atom stereocenters. The van der Waals surface area contributed by atoms with E-state index in [0.29, 0.717) is 22.6 Å². The van der Waals surface area contributed by atoms with Crippen LogP contribution in [0.5, 0.6) is 5.75 Å². The average molecular weight is 382 g/mol. The van der Waals surface area contributed by atoms with E-state index >= 15 is 0 Å². The van der Waals surface area contributed by atoms with E-state index in [9.17, 15) is 18.8 Å². The van der Waals surface area contributed by atoms with Crippen molar-refractivity contribution in [1.82, 2.24) is 9.55 Å². The predicted molar refractivity (Wildman–Crippen MR) is 99.8 cm³/mol. The molecule has 2 aromatic carbocycles.